The first kappa shape index (κ1) is 14.0. The van der Waals surface area contributed by atoms with Gasteiger partial charge in [0, 0.05) is 6.04 Å². The molecular formula is C12H22N2O. The molecule has 0 fully saturated rings. The zero-order valence-corrected chi connectivity index (χ0v) is 9.97. The standard InChI is InChI=1S/C12H22N2O/c1-5-10(6-2)13-9-12(15)14-11(7-3)8-4/h1,10-11,13H,6-9H2,2-4H3,(H,14,15). The second kappa shape index (κ2) is 8.31. The minimum Gasteiger partial charge on any atom is -0.352 e. The van der Waals surface area contributed by atoms with Crippen molar-refractivity contribution in [3.8, 4) is 12.3 Å². The predicted molar refractivity (Wildman–Crippen MR) is 63.4 cm³/mol. The van der Waals surface area contributed by atoms with E-state index in [9.17, 15) is 4.79 Å². The first-order valence-electron chi connectivity index (χ1n) is 5.66. The van der Waals surface area contributed by atoms with Crippen LogP contribution in [-0.4, -0.2) is 24.5 Å². The van der Waals surface area contributed by atoms with Gasteiger partial charge in [0.15, 0.2) is 0 Å². The molecule has 1 atom stereocenters. The summed E-state index contributed by atoms with van der Waals surface area (Å²) < 4.78 is 0. The Morgan fingerprint density at radius 3 is 2.27 bits per heavy atom. The molecule has 86 valence electrons. The van der Waals surface area contributed by atoms with E-state index in [0.717, 1.165) is 19.3 Å². The number of amides is 1. The summed E-state index contributed by atoms with van der Waals surface area (Å²) in [5.74, 6) is 2.62. The number of rotatable bonds is 7. The maximum absolute atomic E-state index is 11.5. The van der Waals surface area contributed by atoms with Crippen LogP contribution < -0.4 is 10.6 Å². The second-order valence-corrected chi connectivity index (χ2v) is 3.59. The topological polar surface area (TPSA) is 41.1 Å². The van der Waals surface area contributed by atoms with E-state index in [-0.39, 0.29) is 18.0 Å². The molecule has 0 spiro atoms. The quantitative estimate of drug-likeness (QED) is 0.622. The molecule has 15 heavy (non-hydrogen) atoms. The summed E-state index contributed by atoms with van der Waals surface area (Å²) in [6.45, 7) is 6.44. The number of hydrogen-bond donors (Lipinski definition) is 2. The lowest BCUT2D eigenvalue weighted by molar-refractivity contribution is -0.121. The van der Waals surface area contributed by atoms with Crippen LogP contribution in [0.15, 0.2) is 0 Å². The monoisotopic (exact) mass is 210 g/mol. The molecule has 0 aromatic rings. The highest BCUT2D eigenvalue weighted by atomic mass is 16.1. The summed E-state index contributed by atoms with van der Waals surface area (Å²) in [4.78, 5) is 11.5. The van der Waals surface area contributed by atoms with Gasteiger partial charge in [0.2, 0.25) is 5.91 Å². The van der Waals surface area contributed by atoms with Crippen molar-refractivity contribution in [2.75, 3.05) is 6.54 Å². The molecule has 0 aliphatic carbocycles. The Labute approximate surface area is 93.0 Å². The number of carbonyl (C=O) groups excluding carboxylic acids is 1. The zero-order chi connectivity index (χ0) is 11.7. The number of nitrogens with one attached hydrogen (secondary N) is 2. The van der Waals surface area contributed by atoms with Crippen LogP contribution in [0.4, 0.5) is 0 Å². The fourth-order valence-corrected chi connectivity index (χ4v) is 1.31. The minimum absolute atomic E-state index is 0.00236. The summed E-state index contributed by atoms with van der Waals surface area (Å²) in [7, 11) is 0. The van der Waals surface area contributed by atoms with E-state index in [4.69, 9.17) is 6.42 Å². The number of terminal acetylenes is 1. The molecule has 0 bridgehead atoms. The molecule has 0 aromatic carbocycles. The molecule has 1 unspecified atom stereocenters. The Morgan fingerprint density at radius 1 is 1.27 bits per heavy atom. The largest absolute Gasteiger partial charge is 0.352 e. The molecule has 0 saturated heterocycles. The Balaban J connectivity index is 3.79. The molecule has 0 heterocycles. The van der Waals surface area contributed by atoms with Gasteiger partial charge >= 0.3 is 0 Å². The van der Waals surface area contributed by atoms with Crippen LogP contribution in [0.1, 0.15) is 40.0 Å². The lowest BCUT2D eigenvalue weighted by Gasteiger charge is -2.16. The summed E-state index contributed by atoms with van der Waals surface area (Å²) >= 11 is 0. The molecular weight excluding hydrogens is 188 g/mol. The van der Waals surface area contributed by atoms with Crippen LogP contribution in [0, 0.1) is 12.3 Å². The molecule has 0 aromatic heterocycles. The van der Waals surface area contributed by atoms with Gasteiger partial charge in [-0.2, -0.15) is 0 Å². The van der Waals surface area contributed by atoms with E-state index in [1.807, 2.05) is 6.92 Å². The predicted octanol–water partition coefficient (Wildman–Crippen LogP) is 1.29. The van der Waals surface area contributed by atoms with Gasteiger partial charge in [-0.1, -0.05) is 26.7 Å². The zero-order valence-electron chi connectivity index (χ0n) is 9.97. The third-order valence-corrected chi connectivity index (χ3v) is 2.47. The van der Waals surface area contributed by atoms with Crippen molar-refractivity contribution in [3.05, 3.63) is 0 Å². The van der Waals surface area contributed by atoms with Crippen molar-refractivity contribution in [1.82, 2.24) is 10.6 Å². The number of hydrogen-bond acceptors (Lipinski definition) is 2. The molecule has 0 rings (SSSR count). The fourth-order valence-electron chi connectivity index (χ4n) is 1.31. The average Bonchev–Trinajstić information content (AvgIpc) is 2.27. The second-order valence-electron chi connectivity index (χ2n) is 3.59. The van der Waals surface area contributed by atoms with Crippen molar-refractivity contribution in [2.45, 2.75) is 52.1 Å². The van der Waals surface area contributed by atoms with Crippen molar-refractivity contribution in [2.24, 2.45) is 0 Å². The summed E-state index contributed by atoms with van der Waals surface area (Å²) in [5.41, 5.74) is 0. The van der Waals surface area contributed by atoms with Gasteiger partial charge in [0.25, 0.3) is 0 Å². The number of carbonyl (C=O) groups is 1. The first-order valence-corrected chi connectivity index (χ1v) is 5.66. The Bertz CT molecular complexity index is 216. The molecule has 0 radical (unpaired) electrons. The molecule has 0 aliphatic rings. The van der Waals surface area contributed by atoms with Crippen LogP contribution >= 0.6 is 0 Å². The Kier molecular flexibility index (Phi) is 7.75. The molecule has 1 amide bonds. The smallest absolute Gasteiger partial charge is 0.234 e. The van der Waals surface area contributed by atoms with E-state index in [1.54, 1.807) is 0 Å². The Morgan fingerprint density at radius 2 is 1.87 bits per heavy atom. The highest BCUT2D eigenvalue weighted by molar-refractivity contribution is 5.78. The summed E-state index contributed by atoms with van der Waals surface area (Å²) in [5, 5.41) is 5.97. The molecule has 0 aliphatic heterocycles. The van der Waals surface area contributed by atoms with Gasteiger partial charge in [-0.25, -0.2) is 0 Å². The fraction of sp³-hybridized carbons (Fsp3) is 0.750. The third kappa shape index (κ3) is 6.14. The molecule has 3 heteroatoms. The van der Waals surface area contributed by atoms with Gasteiger partial charge in [0.1, 0.15) is 0 Å². The Hall–Kier alpha value is -1.01. The highest BCUT2D eigenvalue weighted by Crippen LogP contribution is 1.95. The van der Waals surface area contributed by atoms with Crippen molar-refractivity contribution in [3.63, 3.8) is 0 Å². The summed E-state index contributed by atoms with van der Waals surface area (Å²) in [6.07, 6.45) is 8.05. The minimum atomic E-state index is -0.00236. The van der Waals surface area contributed by atoms with Crippen LogP contribution in [-0.2, 0) is 4.79 Å². The van der Waals surface area contributed by atoms with Gasteiger partial charge in [-0.15, -0.1) is 6.42 Å². The first-order chi connectivity index (χ1) is 7.17. The third-order valence-electron chi connectivity index (χ3n) is 2.47. The van der Waals surface area contributed by atoms with Crippen molar-refractivity contribution in [1.29, 1.82) is 0 Å². The normalized spacial score (nSPS) is 12.2. The van der Waals surface area contributed by atoms with Crippen molar-refractivity contribution >= 4 is 5.91 Å². The molecule has 2 N–H and O–H groups in total. The highest BCUT2D eigenvalue weighted by Gasteiger charge is 2.09. The van der Waals surface area contributed by atoms with Crippen LogP contribution in [0.2, 0.25) is 0 Å². The van der Waals surface area contributed by atoms with E-state index in [2.05, 4.69) is 30.4 Å². The van der Waals surface area contributed by atoms with Gasteiger partial charge in [-0.3, -0.25) is 10.1 Å². The SMILES string of the molecule is C#CC(CC)NCC(=O)NC(CC)CC. The average molecular weight is 210 g/mol. The lowest BCUT2D eigenvalue weighted by atomic mass is 10.2. The molecule has 0 saturated carbocycles. The van der Waals surface area contributed by atoms with Gasteiger partial charge in [0.05, 0.1) is 12.6 Å². The van der Waals surface area contributed by atoms with Crippen LogP contribution in [0.3, 0.4) is 0 Å². The maximum Gasteiger partial charge on any atom is 0.234 e. The lowest BCUT2D eigenvalue weighted by Crippen LogP contribution is -2.42. The van der Waals surface area contributed by atoms with Gasteiger partial charge < -0.3 is 5.32 Å². The van der Waals surface area contributed by atoms with Crippen molar-refractivity contribution < 1.29 is 4.79 Å². The van der Waals surface area contributed by atoms with Crippen LogP contribution in [0.25, 0.3) is 0 Å². The summed E-state index contributed by atoms with van der Waals surface area (Å²) in [6, 6.07) is 0.280. The van der Waals surface area contributed by atoms with Gasteiger partial charge in [-0.05, 0) is 19.3 Å². The van der Waals surface area contributed by atoms with E-state index >= 15 is 0 Å². The van der Waals surface area contributed by atoms with Crippen LogP contribution in [0.5, 0.6) is 0 Å². The van der Waals surface area contributed by atoms with E-state index in [0.29, 0.717) is 6.54 Å². The maximum atomic E-state index is 11.5. The van der Waals surface area contributed by atoms with E-state index in [1.165, 1.54) is 0 Å². The molecule has 3 nitrogen and oxygen atoms in total. The van der Waals surface area contributed by atoms with E-state index < -0.39 is 0 Å².